The van der Waals surface area contributed by atoms with Crippen molar-refractivity contribution in [3.05, 3.63) is 53.6 Å². The van der Waals surface area contributed by atoms with Crippen LogP contribution in [-0.2, 0) is 4.79 Å². The molecule has 0 fully saturated rings. The number of hydrogen-bond acceptors (Lipinski definition) is 5. The van der Waals surface area contributed by atoms with Crippen molar-refractivity contribution in [3.63, 3.8) is 0 Å². The zero-order valence-corrected chi connectivity index (χ0v) is 16.2. The molecule has 0 aliphatic rings. The summed E-state index contributed by atoms with van der Waals surface area (Å²) in [4.78, 5) is 12.0. The second kappa shape index (κ2) is 10.2. The van der Waals surface area contributed by atoms with Gasteiger partial charge in [0.15, 0.2) is 18.1 Å². The van der Waals surface area contributed by atoms with E-state index in [9.17, 15) is 4.79 Å². The minimum absolute atomic E-state index is 0.111. The molecular weight excluding hydrogens is 344 g/mol. The maximum absolute atomic E-state index is 12.0. The Morgan fingerprint density at radius 3 is 2.56 bits per heavy atom. The molecule has 0 radical (unpaired) electrons. The van der Waals surface area contributed by atoms with Crippen molar-refractivity contribution in [1.29, 1.82) is 0 Å². The zero-order chi connectivity index (χ0) is 19.6. The van der Waals surface area contributed by atoms with Crippen molar-refractivity contribution >= 4 is 12.1 Å². The fourth-order valence-corrected chi connectivity index (χ4v) is 2.60. The van der Waals surface area contributed by atoms with E-state index in [1.165, 1.54) is 6.21 Å². The Hall–Kier alpha value is -3.02. The first-order valence-corrected chi connectivity index (χ1v) is 8.85. The van der Waals surface area contributed by atoms with E-state index in [1.54, 1.807) is 20.3 Å². The summed E-state index contributed by atoms with van der Waals surface area (Å²) in [6.07, 6.45) is 2.51. The number of benzene rings is 2. The summed E-state index contributed by atoms with van der Waals surface area (Å²) in [5, 5.41) is 3.97. The standard InChI is InChI=1S/C21H26N2O4/c1-5-15(2)17-10-6-7-11-18(17)27-14-20(24)23-22-13-16-9-8-12-19(25-3)21(16)26-4/h6-13,15H,5,14H2,1-4H3,(H,23,24). The molecule has 0 heterocycles. The van der Waals surface area contributed by atoms with E-state index in [0.717, 1.165) is 17.7 Å². The van der Waals surface area contributed by atoms with Gasteiger partial charge in [-0.05, 0) is 36.1 Å². The normalized spacial score (nSPS) is 11.9. The van der Waals surface area contributed by atoms with Crippen LogP contribution in [0.2, 0.25) is 0 Å². The largest absolute Gasteiger partial charge is 0.493 e. The Morgan fingerprint density at radius 1 is 1.11 bits per heavy atom. The van der Waals surface area contributed by atoms with E-state index in [1.807, 2.05) is 36.4 Å². The Balaban J connectivity index is 1.95. The van der Waals surface area contributed by atoms with Crippen LogP contribution in [0.25, 0.3) is 0 Å². The average Bonchev–Trinajstić information content (AvgIpc) is 2.71. The lowest BCUT2D eigenvalue weighted by atomic mass is 9.98. The molecule has 144 valence electrons. The first-order chi connectivity index (χ1) is 13.1. The molecular formula is C21H26N2O4. The summed E-state index contributed by atoms with van der Waals surface area (Å²) in [7, 11) is 3.12. The maximum Gasteiger partial charge on any atom is 0.277 e. The number of para-hydroxylation sites is 2. The SMILES string of the molecule is CCC(C)c1ccccc1OCC(=O)NN=Cc1cccc(OC)c1OC. The number of nitrogens with one attached hydrogen (secondary N) is 1. The molecule has 1 N–H and O–H groups in total. The summed E-state index contributed by atoms with van der Waals surface area (Å²) in [5.74, 6) is 1.89. The van der Waals surface area contributed by atoms with Crippen LogP contribution >= 0.6 is 0 Å². The minimum Gasteiger partial charge on any atom is -0.493 e. The van der Waals surface area contributed by atoms with Gasteiger partial charge in [-0.15, -0.1) is 0 Å². The monoisotopic (exact) mass is 370 g/mol. The van der Waals surface area contributed by atoms with Crippen molar-refractivity contribution in [2.75, 3.05) is 20.8 Å². The van der Waals surface area contributed by atoms with Crippen LogP contribution in [0.1, 0.15) is 37.3 Å². The smallest absolute Gasteiger partial charge is 0.277 e. The second-order valence-electron chi connectivity index (χ2n) is 6.01. The second-order valence-corrected chi connectivity index (χ2v) is 6.01. The molecule has 2 aromatic rings. The van der Waals surface area contributed by atoms with Crippen LogP contribution in [0.3, 0.4) is 0 Å². The third-order valence-electron chi connectivity index (χ3n) is 4.25. The van der Waals surface area contributed by atoms with Gasteiger partial charge in [-0.25, -0.2) is 5.43 Å². The van der Waals surface area contributed by atoms with E-state index in [-0.39, 0.29) is 12.5 Å². The molecule has 0 spiro atoms. The number of hydrogen-bond donors (Lipinski definition) is 1. The summed E-state index contributed by atoms with van der Waals surface area (Å²) >= 11 is 0. The molecule has 2 rings (SSSR count). The molecule has 6 nitrogen and oxygen atoms in total. The minimum atomic E-state index is -0.341. The summed E-state index contributed by atoms with van der Waals surface area (Å²) in [6, 6.07) is 13.2. The van der Waals surface area contributed by atoms with Crippen LogP contribution < -0.4 is 19.6 Å². The summed E-state index contributed by atoms with van der Waals surface area (Å²) in [5.41, 5.74) is 4.25. The van der Waals surface area contributed by atoms with Gasteiger partial charge in [0.1, 0.15) is 5.75 Å². The first kappa shape index (κ1) is 20.3. The Labute approximate surface area is 160 Å². The number of nitrogens with zero attached hydrogens (tertiary/aromatic N) is 1. The van der Waals surface area contributed by atoms with Gasteiger partial charge in [-0.3, -0.25) is 4.79 Å². The lowest BCUT2D eigenvalue weighted by Crippen LogP contribution is -2.25. The van der Waals surface area contributed by atoms with Crippen molar-refractivity contribution in [3.8, 4) is 17.2 Å². The summed E-state index contributed by atoms with van der Waals surface area (Å²) < 4.78 is 16.2. The van der Waals surface area contributed by atoms with Gasteiger partial charge in [0.05, 0.1) is 20.4 Å². The predicted octanol–water partition coefficient (Wildman–Crippen LogP) is 3.75. The Morgan fingerprint density at radius 2 is 1.85 bits per heavy atom. The number of carbonyl (C=O) groups excluding carboxylic acids is 1. The van der Waals surface area contributed by atoms with Gasteiger partial charge in [0, 0.05) is 5.56 Å². The predicted molar refractivity (Wildman–Crippen MR) is 106 cm³/mol. The molecule has 0 aromatic heterocycles. The number of hydrazone groups is 1. The van der Waals surface area contributed by atoms with Gasteiger partial charge in [0.2, 0.25) is 0 Å². The van der Waals surface area contributed by atoms with E-state index >= 15 is 0 Å². The van der Waals surface area contributed by atoms with Gasteiger partial charge in [-0.1, -0.05) is 38.1 Å². The lowest BCUT2D eigenvalue weighted by Gasteiger charge is -2.15. The van der Waals surface area contributed by atoms with Gasteiger partial charge in [0.25, 0.3) is 5.91 Å². The van der Waals surface area contributed by atoms with Gasteiger partial charge < -0.3 is 14.2 Å². The molecule has 0 aliphatic heterocycles. The van der Waals surface area contributed by atoms with Crippen LogP contribution in [0, 0.1) is 0 Å². The van der Waals surface area contributed by atoms with Crippen LogP contribution in [0.15, 0.2) is 47.6 Å². The lowest BCUT2D eigenvalue weighted by molar-refractivity contribution is -0.123. The number of carbonyl (C=O) groups is 1. The Kier molecular flexibility index (Phi) is 7.67. The van der Waals surface area contributed by atoms with Crippen molar-refractivity contribution in [2.24, 2.45) is 5.10 Å². The molecule has 27 heavy (non-hydrogen) atoms. The quantitative estimate of drug-likeness (QED) is 0.539. The van der Waals surface area contributed by atoms with Crippen LogP contribution in [0.5, 0.6) is 17.2 Å². The molecule has 0 saturated heterocycles. The van der Waals surface area contributed by atoms with E-state index in [2.05, 4.69) is 24.4 Å². The highest BCUT2D eigenvalue weighted by Crippen LogP contribution is 2.29. The number of amides is 1. The van der Waals surface area contributed by atoms with Crippen LogP contribution in [0.4, 0.5) is 0 Å². The number of rotatable bonds is 9. The van der Waals surface area contributed by atoms with Crippen LogP contribution in [-0.4, -0.2) is 32.9 Å². The summed E-state index contributed by atoms with van der Waals surface area (Å²) in [6.45, 7) is 4.14. The zero-order valence-electron chi connectivity index (χ0n) is 16.2. The average molecular weight is 370 g/mol. The highest BCUT2D eigenvalue weighted by atomic mass is 16.5. The Bertz CT molecular complexity index is 790. The molecule has 6 heteroatoms. The maximum atomic E-state index is 12.0. The fourth-order valence-electron chi connectivity index (χ4n) is 2.60. The topological polar surface area (TPSA) is 69.2 Å². The molecule has 1 amide bonds. The van der Waals surface area contributed by atoms with Crippen molar-refractivity contribution in [2.45, 2.75) is 26.2 Å². The molecule has 0 bridgehead atoms. The fraction of sp³-hybridized carbons (Fsp3) is 0.333. The molecule has 1 atom stereocenters. The first-order valence-electron chi connectivity index (χ1n) is 8.85. The van der Waals surface area contributed by atoms with Gasteiger partial charge >= 0.3 is 0 Å². The molecule has 0 saturated carbocycles. The highest BCUT2D eigenvalue weighted by Gasteiger charge is 2.11. The van der Waals surface area contributed by atoms with E-state index < -0.39 is 0 Å². The molecule has 1 unspecified atom stereocenters. The highest BCUT2D eigenvalue weighted by molar-refractivity contribution is 5.86. The van der Waals surface area contributed by atoms with E-state index in [4.69, 9.17) is 14.2 Å². The third kappa shape index (κ3) is 5.48. The molecule has 0 aliphatic carbocycles. The van der Waals surface area contributed by atoms with Gasteiger partial charge in [-0.2, -0.15) is 5.10 Å². The van der Waals surface area contributed by atoms with Crippen molar-refractivity contribution < 1.29 is 19.0 Å². The third-order valence-corrected chi connectivity index (χ3v) is 4.25. The molecule has 2 aromatic carbocycles. The van der Waals surface area contributed by atoms with E-state index in [0.29, 0.717) is 23.0 Å². The number of ether oxygens (including phenoxy) is 3. The van der Waals surface area contributed by atoms with Crippen molar-refractivity contribution in [1.82, 2.24) is 5.43 Å². The number of methoxy groups -OCH3 is 2.